The second-order valence-electron chi connectivity index (χ2n) is 3.98. The standard InChI is InChI=1S/C12H18N4O/c1-5-11-13-6-10(7-14-11)15-12(17)16(4)8-9(2)3/h6-7H,2,5,8H2,1,3-4H3,(H,15,17). The highest BCUT2D eigenvalue weighted by atomic mass is 16.2. The summed E-state index contributed by atoms with van der Waals surface area (Å²) in [6.07, 6.45) is 4.00. The second kappa shape index (κ2) is 5.98. The first-order valence-corrected chi connectivity index (χ1v) is 5.50. The molecular weight excluding hydrogens is 216 g/mol. The molecule has 1 N–H and O–H groups in total. The van der Waals surface area contributed by atoms with Crippen molar-refractivity contribution in [1.29, 1.82) is 0 Å². The highest BCUT2D eigenvalue weighted by Gasteiger charge is 2.08. The lowest BCUT2D eigenvalue weighted by atomic mass is 10.3. The Morgan fingerprint density at radius 1 is 1.47 bits per heavy atom. The van der Waals surface area contributed by atoms with Gasteiger partial charge in [-0.2, -0.15) is 0 Å². The number of aryl methyl sites for hydroxylation is 1. The normalized spacial score (nSPS) is 9.82. The Morgan fingerprint density at radius 2 is 2.06 bits per heavy atom. The maximum Gasteiger partial charge on any atom is 0.321 e. The van der Waals surface area contributed by atoms with Crippen LogP contribution in [0.15, 0.2) is 24.5 Å². The van der Waals surface area contributed by atoms with Gasteiger partial charge in [-0.05, 0) is 6.92 Å². The number of nitrogens with one attached hydrogen (secondary N) is 1. The van der Waals surface area contributed by atoms with Gasteiger partial charge in [0.2, 0.25) is 0 Å². The molecule has 0 aliphatic rings. The van der Waals surface area contributed by atoms with E-state index in [1.54, 1.807) is 24.3 Å². The van der Waals surface area contributed by atoms with Crippen molar-refractivity contribution in [2.24, 2.45) is 0 Å². The van der Waals surface area contributed by atoms with E-state index in [9.17, 15) is 4.79 Å². The van der Waals surface area contributed by atoms with Crippen molar-refractivity contribution in [3.8, 4) is 0 Å². The van der Waals surface area contributed by atoms with E-state index in [0.29, 0.717) is 12.2 Å². The Kier molecular flexibility index (Phi) is 4.63. The molecule has 0 radical (unpaired) electrons. The van der Waals surface area contributed by atoms with E-state index in [1.165, 1.54) is 0 Å². The third-order valence-electron chi connectivity index (χ3n) is 2.13. The van der Waals surface area contributed by atoms with Crippen LogP contribution in [0.2, 0.25) is 0 Å². The number of hydrogen-bond donors (Lipinski definition) is 1. The average Bonchev–Trinajstić information content (AvgIpc) is 2.29. The highest BCUT2D eigenvalue weighted by molar-refractivity contribution is 5.88. The van der Waals surface area contributed by atoms with E-state index in [1.807, 2.05) is 13.8 Å². The van der Waals surface area contributed by atoms with Crippen LogP contribution in [0.4, 0.5) is 10.5 Å². The summed E-state index contributed by atoms with van der Waals surface area (Å²) in [5.74, 6) is 0.762. The van der Waals surface area contributed by atoms with Crippen molar-refractivity contribution < 1.29 is 4.79 Å². The zero-order valence-corrected chi connectivity index (χ0v) is 10.5. The van der Waals surface area contributed by atoms with Crippen molar-refractivity contribution in [3.05, 3.63) is 30.4 Å². The minimum atomic E-state index is -0.194. The average molecular weight is 234 g/mol. The van der Waals surface area contributed by atoms with Gasteiger partial charge in [-0.15, -0.1) is 0 Å². The molecule has 1 rings (SSSR count). The van der Waals surface area contributed by atoms with E-state index < -0.39 is 0 Å². The summed E-state index contributed by atoms with van der Waals surface area (Å²) in [6, 6.07) is -0.194. The van der Waals surface area contributed by atoms with Gasteiger partial charge in [-0.3, -0.25) is 0 Å². The van der Waals surface area contributed by atoms with Gasteiger partial charge in [0.1, 0.15) is 5.82 Å². The van der Waals surface area contributed by atoms with Crippen LogP contribution in [0.5, 0.6) is 0 Å². The molecule has 0 saturated heterocycles. The number of nitrogens with zero attached hydrogens (tertiary/aromatic N) is 3. The van der Waals surface area contributed by atoms with Crippen LogP contribution in [-0.4, -0.2) is 34.5 Å². The lowest BCUT2D eigenvalue weighted by Gasteiger charge is -2.17. The maximum absolute atomic E-state index is 11.7. The minimum Gasteiger partial charge on any atom is -0.324 e. The summed E-state index contributed by atoms with van der Waals surface area (Å²) in [5, 5.41) is 2.72. The summed E-state index contributed by atoms with van der Waals surface area (Å²) >= 11 is 0. The lowest BCUT2D eigenvalue weighted by molar-refractivity contribution is 0.226. The number of rotatable bonds is 4. The number of urea groups is 1. The number of carbonyl (C=O) groups excluding carboxylic acids is 1. The van der Waals surface area contributed by atoms with Crippen LogP contribution in [0.3, 0.4) is 0 Å². The smallest absolute Gasteiger partial charge is 0.321 e. The molecule has 2 amide bonds. The Hall–Kier alpha value is -1.91. The summed E-state index contributed by atoms with van der Waals surface area (Å²) in [6.45, 7) is 8.15. The van der Waals surface area contributed by atoms with Crippen LogP contribution in [0, 0.1) is 0 Å². The molecular formula is C12H18N4O. The van der Waals surface area contributed by atoms with Gasteiger partial charge in [0.05, 0.1) is 18.1 Å². The molecule has 92 valence electrons. The van der Waals surface area contributed by atoms with Gasteiger partial charge < -0.3 is 10.2 Å². The molecule has 0 fully saturated rings. The molecule has 0 unspecified atom stereocenters. The molecule has 0 spiro atoms. The maximum atomic E-state index is 11.7. The molecule has 1 aromatic heterocycles. The number of likely N-dealkylation sites (N-methyl/N-ethyl adjacent to an activating group) is 1. The van der Waals surface area contributed by atoms with Crippen LogP contribution in [-0.2, 0) is 6.42 Å². The summed E-state index contributed by atoms with van der Waals surface area (Å²) < 4.78 is 0. The molecule has 0 bridgehead atoms. The summed E-state index contributed by atoms with van der Waals surface area (Å²) in [4.78, 5) is 21.5. The van der Waals surface area contributed by atoms with E-state index in [2.05, 4.69) is 21.9 Å². The first-order chi connectivity index (χ1) is 8.02. The number of anilines is 1. The van der Waals surface area contributed by atoms with Crippen molar-refractivity contribution in [1.82, 2.24) is 14.9 Å². The molecule has 0 aliphatic heterocycles. The fourth-order valence-electron chi connectivity index (χ4n) is 1.30. The van der Waals surface area contributed by atoms with Crippen LogP contribution >= 0.6 is 0 Å². The predicted octanol–water partition coefficient (Wildman–Crippen LogP) is 2.08. The van der Waals surface area contributed by atoms with Crippen molar-refractivity contribution in [2.75, 3.05) is 18.9 Å². The topological polar surface area (TPSA) is 58.1 Å². The fourth-order valence-corrected chi connectivity index (χ4v) is 1.30. The molecule has 1 aromatic rings. The molecule has 0 aliphatic carbocycles. The van der Waals surface area contributed by atoms with Gasteiger partial charge >= 0.3 is 6.03 Å². The number of aromatic nitrogens is 2. The zero-order chi connectivity index (χ0) is 12.8. The Morgan fingerprint density at radius 3 is 2.53 bits per heavy atom. The monoisotopic (exact) mass is 234 g/mol. The SMILES string of the molecule is C=C(C)CN(C)C(=O)Nc1cnc(CC)nc1. The van der Waals surface area contributed by atoms with E-state index in [-0.39, 0.29) is 6.03 Å². The largest absolute Gasteiger partial charge is 0.324 e. The van der Waals surface area contributed by atoms with Gasteiger partial charge in [0, 0.05) is 20.0 Å². The van der Waals surface area contributed by atoms with E-state index in [0.717, 1.165) is 17.8 Å². The number of hydrogen-bond acceptors (Lipinski definition) is 3. The molecule has 5 heteroatoms. The van der Waals surface area contributed by atoms with E-state index >= 15 is 0 Å². The molecule has 0 saturated carbocycles. The van der Waals surface area contributed by atoms with Gasteiger partial charge in [-0.1, -0.05) is 19.1 Å². The molecule has 17 heavy (non-hydrogen) atoms. The Labute approximate surface area is 102 Å². The highest BCUT2D eigenvalue weighted by Crippen LogP contribution is 2.05. The number of amides is 2. The summed E-state index contributed by atoms with van der Waals surface area (Å²) in [7, 11) is 1.71. The first-order valence-electron chi connectivity index (χ1n) is 5.50. The predicted molar refractivity (Wildman–Crippen MR) is 67.9 cm³/mol. The zero-order valence-electron chi connectivity index (χ0n) is 10.5. The molecule has 0 aromatic carbocycles. The summed E-state index contributed by atoms with van der Waals surface area (Å²) in [5.41, 5.74) is 1.53. The van der Waals surface area contributed by atoms with Gasteiger partial charge in [0.25, 0.3) is 0 Å². The van der Waals surface area contributed by atoms with Crippen molar-refractivity contribution in [3.63, 3.8) is 0 Å². The fraction of sp³-hybridized carbons (Fsp3) is 0.417. The van der Waals surface area contributed by atoms with Gasteiger partial charge in [-0.25, -0.2) is 14.8 Å². The second-order valence-corrected chi connectivity index (χ2v) is 3.98. The number of carbonyl (C=O) groups is 1. The quantitative estimate of drug-likeness (QED) is 0.811. The first kappa shape index (κ1) is 13.2. The third-order valence-corrected chi connectivity index (χ3v) is 2.13. The van der Waals surface area contributed by atoms with Crippen LogP contribution in [0.25, 0.3) is 0 Å². The molecule has 1 heterocycles. The molecule has 5 nitrogen and oxygen atoms in total. The van der Waals surface area contributed by atoms with E-state index in [4.69, 9.17) is 0 Å². The Balaban J connectivity index is 2.58. The van der Waals surface area contributed by atoms with Crippen molar-refractivity contribution >= 4 is 11.7 Å². The van der Waals surface area contributed by atoms with Crippen LogP contribution < -0.4 is 5.32 Å². The van der Waals surface area contributed by atoms with Crippen LogP contribution in [0.1, 0.15) is 19.7 Å². The third kappa shape index (κ3) is 4.22. The molecule has 0 atom stereocenters. The minimum absolute atomic E-state index is 0.194. The van der Waals surface area contributed by atoms with Crippen molar-refractivity contribution in [2.45, 2.75) is 20.3 Å². The Bertz CT molecular complexity index is 399. The van der Waals surface area contributed by atoms with Gasteiger partial charge in [0.15, 0.2) is 0 Å². The lowest BCUT2D eigenvalue weighted by Crippen LogP contribution is -2.32.